The first-order valence-corrected chi connectivity index (χ1v) is 8.02. The van der Waals surface area contributed by atoms with Gasteiger partial charge >= 0.3 is 0 Å². The molecule has 2 aromatic carbocycles. The number of fused-ring (bicyclic) bond motifs is 1. The number of ether oxygens (including phenoxy) is 1. The Morgan fingerprint density at radius 3 is 2.88 bits per heavy atom. The van der Waals surface area contributed by atoms with Crippen molar-refractivity contribution < 1.29 is 14.8 Å². The second-order valence-corrected chi connectivity index (χ2v) is 6.02. The summed E-state index contributed by atoms with van der Waals surface area (Å²) in [7, 11) is 0. The first-order valence-electron chi connectivity index (χ1n) is 7.64. The Labute approximate surface area is 152 Å². The predicted molar refractivity (Wildman–Crippen MR) is 95.6 cm³/mol. The summed E-state index contributed by atoms with van der Waals surface area (Å²) in [5.74, 6) is 0.258. The summed E-state index contributed by atoms with van der Waals surface area (Å²) < 4.78 is 6.63. The molecular weight excluding hydrogens is 362 g/mol. The number of rotatable bonds is 6. The van der Waals surface area contributed by atoms with Crippen LogP contribution >= 0.6 is 11.6 Å². The molecule has 0 saturated carbocycles. The molecule has 0 radical (unpaired) electrons. The third kappa shape index (κ3) is 3.98. The summed E-state index contributed by atoms with van der Waals surface area (Å²) in [4.78, 5) is 26.8. The molecule has 0 saturated heterocycles. The third-order valence-electron chi connectivity index (χ3n) is 3.66. The van der Waals surface area contributed by atoms with Crippen LogP contribution in [0.3, 0.4) is 0 Å². The van der Waals surface area contributed by atoms with Crippen molar-refractivity contribution in [2.45, 2.75) is 12.6 Å². The molecule has 26 heavy (non-hydrogen) atoms. The maximum absolute atomic E-state index is 12.4. The Balaban J connectivity index is 1.70. The van der Waals surface area contributed by atoms with Crippen LogP contribution in [-0.2, 0) is 6.54 Å². The third-order valence-corrected chi connectivity index (χ3v) is 3.90. The standard InChI is InChI=1S/C17H14ClN3O5/c18-11-4-5-16-15(6-11)17(23)20(10-19-16)8-13(22)9-26-14-3-1-2-12(7-14)21(24)25/h1-7,10,13,22H,8-9H2. The van der Waals surface area contributed by atoms with Gasteiger partial charge in [-0.25, -0.2) is 4.98 Å². The normalized spacial score (nSPS) is 12.1. The molecule has 9 heteroatoms. The summed E-state index contributed by atoms with van der Waals surface area (Å²) in [6.45, 7) is -0.176. The minimum Gasteiger partial charge on any atom is -0.491 e. The molecule has 3 rings (SSSR count). The molecule has 3 aromatic rings. The van der Waals surface area contributed by atoms with Crippen molar-refractivity contribution in [3.05, 3.63) is 74.3 Å². The number of aliphatic hydroxyl groups is 1. The Morgan fingerprint density at radius 2 is 2.12 bits per heavy atom. The van der Waals surface area contributed by atoms with Crippen molar-refractivity contribution in [2.24, 2.45) is 0 Å². The fourth-order valence-corrected chi connectivity index (χ4v) is 2.59. The second kappa shape index (κ2) is 7.51. The van der Waals surface area contributed by atoms with Crippen LogP contribution in [0.25, 0.3) is 10.9 Å². The summed E-state index contributed by atoms with van der Waals surface area (Å²) in [5.41, 5.74) is 0.0775. The van der Waals surface area contributed by atoms with E-state index in [0.717, 1.165) is 0 Å². The molecule has 0 bridgehead atoms. The topological polar surface area (TPSA) is 107 Å². The van der Waals surface area contributed by atoms with E-state index < -0.39 is 11.0 Å². The van der Waals surface area contributed by atoms with Crippen LogP contribution in [0.15, 0.2) is 53.6 Å². The average Bonchev–Trinajstić information content (AvgIpc) is 2.63. The molecule has 0 aliphatic rings. The number of nitrogens with zero attached hydrogens (tertiary/aromatic N) is 3. The van der Waals surface area contributed by atoms with Gasteiger partial charge in [0.2, 0.25) is 0 Å². The molecular formula is C17H14ClN3O5. The van der Waals surface area contributed by atoms with E-state index in [1.165, 1.54) is 35.2 Å². The van der Waals surface area contributed by atoms with Gasteiger partial charge in [-0.05, 0) is 24.3 Å². The lowest BCUT2D eigenvalue weighted by atomic mass is 10.2. The van der Waals surface area contributed by atoms with E-state index in [1.54, 1.807) is 18.2 Å². The summed E-state index contributed by atoms with van der Waals surface area (Å²) >= 11 is 5.91. The van der Waals surface area contributed by atoms with E-state index >= 15 is 0 Å². The van der Waals surface area contributed by atoms with Crippen LogP contribution in [0.4, 0.5) is 5.69 Å². The van der Waals surface area contributed by atoms with Gasteiger partial charge in [0.1, 0.15) is 18.5 Å². The van der Waals surface area contributed by atoms with Gasteiger partial charge in [-0.1, -0.05) is 17.7 Å². The second-order valence-electron chi connectivity index (χ2n) is 5.58. The molecule has 0 fully saturated rings. The van der Waals surface area contributed by atoms with Crippen LogP contribution in [0.1, 0.15) is 0 Å². The Bertz CT molecular complexity index is 1020. The summed E-state index contributed by atoms with van der Waals surface area (Å²) in [5, 5.41) is 21.6. The SMILES string of the molecule is O=c1c2cc(Cl)ccc2ncn1CC(O)COc1cccc([N+](=O)[O-])c1. The monoisotopic (exact) mass is 375 g/mol. The number of hydrogen-bond donors (Lipinski definition) is 1. The predicted octanol–water partition coefficient (Wildman–Crippen LogP) is 2.40. The smallest absolute Gasteiger partial charge is 0.273 e. The van der Waals surface area contributed by atoms with Crippen molar-refractivity contribution in [3.8, 4) is 5.75 Å². The van der Waals surface area contributed by atoms with Crippen LogP contribution in [0.5, 0.6) is 5.75 Å². The number of nitro benzene ring substituents is 1. The summed E-state index contributed by atoms with van der Waals surface area (Å²) in [6, 6.07) is 10.4. The van der Waals surface area contributed by atoms with E-state index in [4.69, 9.17) is 16.3 Å². The average molecular weight is 376 g/mol. The maximum atomic E-state index is 12.4. The largest absolute Gasteiger partial charge is 0.491 e. The fraction of sp³-hybridized carbons (Fsp3) is 0.176. The van der Waals surface area contributed by atoms with Gasteiger partial charge < -0.3 is 9.84 Å². The van der Waals surface area contributed by atoms with Crippen molar-refractivity contribution in [1.82, 2.24) is 9.55 Å². The zero-order chi connectivity index (χ0) is 18.7. The van der Waals surface area contributed by atoms with Gasteiger partial charge in [0.05, 0.1) is 34.8 Å². The zero-order valence-corrected chi connectivity index (χ0v) is 14.2. The highest BCUT2D eigenvalue weighted by Gasteiger charge is 2.12. The highest BCUT2D eigenvalue weighted by Crippen LogP contribution is 2.19. The number of nitro groups is 1. The number of aromatic nitrogens is 2. The highest BCUT2D eigenvalue weighted by atomic mass is 35.5. The van der Waals surface area contributed by atoms with Crippen LogP contribution in [-0.4, -0.2) is 32.3 Å². The number of hydrogen-bond acceptors (Lipinski definition) is 6. The first-order chi connectivity index (χ1) is 12.4. The lowest BCUT2D eigenvalue weighted by Crippen LogP contribution is -2.30. The molecule has 1 atom stereocenters. The fourth-order valence-electron chi connectivity index (χ4n) is 2.42. The molecule has 1 N–H and O–H groups in total. The molecule has 1 aromatic heterocycles. The maximum Gasteiger partial charge on any atom is 0.273 e. The quantitative estimate of drug-likeness (QED) is 0.523. The number of halogens is 1. The molecule has 0 spiro atoms. The molecule has 0 aliphatic carbocycles. The van der Waals surface area contributed by atoms with E-state index in [2.05, 4.69) is 4.98 Å². The van der Waals surface area contributed by atoms with Crippen molar-refractivity contribution in [2.75, 3.05) is 6.61 Å². The number of non-ortho nitro benzene ring substituents is 1. The minimum atomic E-state index is -1.01. The van der Waals surface area contributed by atoms with Gasteiger partial charge in [-0.3, -0.25) is 19.5 Å². The Hall–Kier alpha value is -2.97. The molecule has 0 amide bonds. The molecule has 1 heterocycles. The Kier molecular flexibility index (Phi) is 5.15. The minimum absolute atomic E-state index is 0.0385. The van der Waals surface area contributed by atoms with Crippen molar-refractivity contribution in [1.29, 1.82) is 0 Å². The van der Waals surface area contributed by atoms with Crippen LogP contribution in [0.2, 0.25) is 5.02 Å². The molecule has 8 nitrogen and oxygen atoms in total. The molecule has 0 aliphatic heterocycles. The van der Waals surface area contributed by atoms with Crippen LogP contribution in [0, 0.1) is 10.1 Å². The first kappa shape index (κ1) is 17.8. The highest BCUT2D eigenvalue weighted by molar-refractivity contribution is 6.31. The Morgan fingerprint density at radius 1 is 1.31 bits per heavy atom. The van der Waals surface area contributed by atoms with Crippen molar-refractivity contribution >= 4 is 28.2 Å². The van der Waals surface area contributed by atoms with E-state index in [9.17, 15) is 20.0 Å². The zero-order valence-electron chi connectivity index (χ0n) is 13.4. The van der Waals surface area contributed by atoms with Gasteiger partial charge in [0, 0.05) is 11.1 Å². The van der Waals surface area contributed by atoms with Gasteiger partial charge in [0.15, 0.2) is 0 Å². The number of benzene rings is 2. The molecule has 134 valence electrons. The number of aliphatic hydroxyl groups excluding tert-OH is 1. The lowest BCUT2D eigenvalue weighted by molar-refractivity contribution is -0.384. The van der Waals surface area contributed by atoms with E-state index in [-0.39, 0.29) is 30.1 Å². The lowest BCUT2D eigenvalue weighted by Gasteiger charge is -2.14. The summed E-state index contributed by atoms with van der Waals surface area (Å²) in [6.07, 6.45) is 0.334. The van der Waals surface area contributed by atoms with Gasteiger partial charge in [-0.15, -0.1) is 0 Å². The molecule has 1 unspecified atom stereocenters. The van der Waals surface area contributed by atoms with Gasteiger partial charge in [-0.2, -0.15) is 0 Å². The van der Waals surface area contributed by atoms with Gasteiger partial charge in [0.25, 0.3) is 11.2 Å². The van der Waals surface area contributed by atoms with Crippen LogP contribution < -0.4 is 10.3 Å². The van der Waals surface area contributed by atoms with E-state index in [0.29, 0.717) is 15.9 Å². The van der Waals surface area contributed by atoms with Crippen molar-refractivity contribution in [3.63, 3.8) is 0 Å². The van der Waals surface area contributed by atoms with E-state index in [1.807, 2.05) is 0 Å².